The highest BCUT2D eigenvalue weighted by molar-refractivity contribution is 9.09. The molecule has 1 unspecified atom stereocenters. The normalized spacial score (nSPS) is 12.2. The van der Waals surface area contributed by atoms with E-state index in [0.717, 1.165) is 0 Å². The lowest BCUT2D eigenvalue weighted by Gasteiger charge is -2.19. The summed E-state index contributed by atoms with van der Waals surface area (Å²) in [5.41, 5.74) is 0.107. The number of hydrogen-bond acceptors (Lipinski definition) is 3. The van der Waals surface area contributed by atoms with Gasteiger partial charge in [0.15, 0.2) is 11.5 Å². The molecule has 0 radical (unpaired) electrons. The SMILES string of the molecule is CC(Br)CN(C)C(=O)c1cccc(O)c1O. The molecular weight excluding hydrogens is 274 g/mol. The number of benzene rings is 1. The van der Waals surface area contributed by atoms with Gasteiger partial charge in [-0.2, -0.15) is 0 Å². The second kappa shape index (κ2) is 5.21. The molecule has 0 aliphatic rings. The van der Waals surface area contributed by atoms with Crippen LogP contribution in [0.2, 0.25) is 0 Å². The molecular formula is C11H14BrNO3. The Hall–Kier alpha value is -1.23. The van der Waals surface area contributed by atoms with Gasteiger partial charge in [0.1, 0.15) is 0 Å². The molecule has 0 fully saturated rings. The lowest BCUT2D eigenvalue weighted by atomic mass is 10.1. The standard InChI is InChI=1S/C11H14BrNO3/c1-7(12)6-13(2)11(16)8-4-3-5-9(14)10(8)15/h3-5,7,14-15H,6H2,1-2H3. The Morgan fingerprint density at radius 2 is 2.12 bits per heavy atom. The average Bonchev–Trinajstić information content (AvgIpc) is 2.20. The van der Waals surface area contributed by atoms with Crippen LogP contribution in [0.15, 0.2) is 18.2 Å². The van der Waals surface area contributed by atoms with E-state index >= 15 is 0 Å². The van der Waals surface area contributed by atoms with Gasteiger partial charge in [0, 0.05) is 18.4 Å². The van der Waals surface area contributed by atoms with Gasteiger partial charge in [-0.25, -0.2) is 0 Å². The lowest BCUT2D eigenvalue weighted by molar-refractivity contribution is 0.0793. The molecule has 0 saturated heterocycles. The predicted octanol–water partition coefficient (Wildman–Crippen LogP) is 1.95. The van der Waals surface area contributed by atoms with Crippen molar-refractivity contribution in [1.29, 1.82) is 0 Å². The number of carbonyl (C=O) groups is 1. The number of phenolic OH excluding ortho intramolecular Hbond substituents is 2. The lowest BCUT2D eigenvalue weighted by Crippen LogP contribution is -2.31. The maximum atomic E-state index is 11.9. The van der Waals surface area contributed by atoms with Crippen molar-refractivity contribution >= 4 is 21.8 Å². The maximum Gasteiger partial charge on any atom is 0.257 e. The summed E-state index contributed by atoms with van der Waals surface area (Å²) < 4.78 is 0. The van der Waals surface area contributed by atoms with E-state index in [0.29, 0.717) is 6.54 Å². The molecule has 2 N–H and O–H groups in total. The highest BCUT2D eigenvalue weighted by atomic mass is 79.9. The molecule has 16 heavy (non-hydrogen) atoms. The first-order chi connectivity index (χ1) is 7.43. The largest absolute Gasteiger partial charge is 0.504 e. The van der Waals surface area contributed by atoms with Gasteiger partial charge in [-0.3, -0.25) is 4.79 Å². The molecule has 0 saturated carbocycles. The van der Waals surface area contributed by atoms with Crippen LogP contribution >= 0.6 is 15.9 Å². The van der Waals surface area contributed by atoms with Crippen molar-refractivity contribution in [2.24, 2.45) is 0 Å². The van der Waals surface area contributed by atoms with Crippen LogP contribution in [0.25, 0.3) is 0 Å². The van der Waals surface area contributed by atoms with E-state index in [4.69, 9.17) is 0 Å². The van der Waals surface area contributed by atoms with E-state index in [1.54, 1.807) is 7.05 Å². The topological polar surface area (TPSA) is 60.8 Å². The summed E-state index contributed by atoms with van der Waals surface area (Å²) in [5, 5.41) is 18.8. The number of halogens is 1. The van der Waals surface area contributed by atoms with Gasteiger partial charge in [0.05, 0.1) is 5.56 Å². The third kappa shape index (κ3) is 2.88. The van der Waals surface area contributed by atoms with Gasteiger partial charge in [-0.1, -0.05) is 28.9 Å². The zero-order valence-electron chi connectivity index (χ0n) is 9.14. The Labute approximate surface area is 103 Å². The number of nitrogens with zero attached hydrogens (tertiary/aromatic N) is 1. The molecule has 0 bridgehead atoms. The summed E-state index contributed by atoms with van der Waals surface area (Å²) in [4.78, 5) is 13.5. The summed E-state index contributed by atoms with van der Waals surface area (Å²) in [6, 6.07) is 4.33. The van der Waals surface area contributed by atoms with Crippen molar-refractivity contribution in [2.75, 3.05) is 13.6 Å². The zero-order chi connectivity index (χ0) is 12.3. The van der Waals surface area contributed by atoms with Crippen LogP contribution in [-0.2, 0) is 0 Å². The first-order valence-electron chi connectivity index (χ1n) is 4.84. The molecule has 4 nitrogen and oxygen atoms in total. The predicted molar refractivity (Wildman–Crippen MR) is 65.1 cm³/mol. The van der Waals surface area contributed by atoms with Crippen LogP contribution in [-0.4, -0.2) is 39.4 Å². The number of rotatable bonds is 3. The van der Waals surface area contributed by atoms with Crippen molar-refractivity contribution < 1.29 is 15.0 Å². The molecule has 0 aromatic heterocycles. The van der Waals surface area contributed by atoms with Gasteiger partial charge < -0.3 is 15.1 Å². The Balaban J connectivity index is 2.92. The molecule has 1 atom stereocenters. The van der Waals surface area contributed by atoms with E-state index in [2.05, 4.69) is 15.9 Å². The molecule has 5 heteroatoms. The number of aromatic hydroxyl groups is 2. The van der Waals surface area contributed by atoms with Crippen molar-refractivity contribution in [2.45, 2.75) is 11.8 Å². The molecule has 0 heterocycles. The van der Waals surface area contributed by atoms with Crippen LogP contribution in [0.1, 0.15) is 17.3 Å². The molecule has 0 spiro atoms. The number of amides is 1. The second-order valence-corrected chi connectivity index (χ2v) is 5.20. The molecule has 0 aliphatic carbocycles. The molecule has 88 valence electrons. The fourth-order valence-corrected chi connectivity index (χ4v) is 1.80. The van der Waals surface area contributed by atoms with Crippen LogP contribution in [0, 0.1) is 0 Å². The van der Waals surface area contributed by atoms with Gasteiger partial charge >= 0.3 is 0 Å². The monoisotopic (exact) mass is 287 g/mol. The molecule has 1 amide bonds. The maximum absolute atomic E-state index is 11.9. The summed E-state index contributed by atoms with van der Waals surface area (Å²) >= 11 is 3.34. The molecule has 0 aliphatic heterocycles. The number of hydrogen-bond donors (Lipinski definition) is 2. The van der Waals surface area contributed by atoms with Crippen LogP contribution in [0.4, 0.5) is 0 Å². The number of carbonyl (C=O) groups excluding carboxylic acids is 1. The molecule has 1 aromatic carbocycles. The van der Waals surface area contributed by atoms with Crippen LogP contribution < -0.4 is 0 Å². The smallest absolute Gasteiger partial charge is 0.257 e. The summed E-state index contributed by atoms with van der Waals surface area (Å²) in [5.74, 6) is -0.979. The van der Waals surface area contributed by atoms with Crippen LogP contribution in [0.3, 0.4) is 0 Å². The number of phenols is 2. The minimum absolute atomic E-state index is 0.107. The highest BCUT2D eigenvalue weighted by Gasteiger charge is 2.18. The Bertz CT molecular complexity index is 393. The first-order valence-corrected chi connectivity index (χ1v) is 5.75. The fraction of sp³-hybridized carbons (Fsp3) is 0.364. The third-order valence-electron chi connectivity index (χ3n) is 2.12. The van der Waals surface area contributed by atoms with E-state index in [1.165, 1.54) is 23.1 Å². The summed E-state index contributed by atoms with van der Waals surface area (Å²) in [6.07, 6.45) is 0. The van der Waals surface area contributed by atoms with Gasteiger partial charge in [0.2, 0.25) is 0 Å². The van der Waals surface area contributed by atoms with E-state index < -0.39 is 0 Å². The fourth-order valence-electron chi connectivity index (χ4n) is 1.37. The first kappa shape index (κ1) is 12.8. The second-order valence-electron chi connectivity index (χ2n) is 3.64. The van der Waals surface area contributed by atoms with Crippen molar-refractivity contribution in [3.8, 4) is 11.5 Å². The zero-order valence-corrected chi connectivity index (χ0v) is 10.7. The number of para-hydroxylation sites is 1. The third-order valence-corrected chi connectivity index (χ3v) is 2.41. The Morgan fingerprint density at radius 3 is 2.69 bits per heavy atom. The minimum Gasteiger partial charge on any atom is -0.504 e. The van der Waals surface area contributed by atoms with Crippen molar-refractivity contribution in [3.63, 3.8) is 0 Å². The van der Waals surface area contributed by atoms with Crippen molar-refractivity contribution in [1.82, 2.24) is 4.90 Å². The summed E-state index contributed by atoms with van der Waals surface area (Å²) in [6.45, 7) is 2.44. The van der Waals surface area contributed by atoms with Crippen molar-refractivity contribution in [3.05, 3.63) is 23.8 Å². The molecule has 1 rings (SSSR count). The van der Waals surface area contributed by atoms with Crippen LogP contribution in [0.5, 0.6) is 11.5 Å². The Kier molecular flexibility index (Phi) is 4.18. The average molecular weight is 288 g/mol. The molecule has 1 aromatic rings. The van der Waals surface area contributed by atoms with E-state index in [-0.39, 0.29) is 27.8 Å². The highest BCUT2D eigenvalue weighted by Crippen LogP contribution is 2.28. The Morgan fingerprint density at radius 1 is 1.50 bits per heavy atom. The summed E-state index contributed by atoms with van der Waals surface area (Å²) in [7, 11) is 1.64. The van der Waals surface area contributed by atoms with Gasteiger partial charge in [-0.05, 0) is 12.1 Å². The quantitative estimate of drug-likeness (QED) is 0.660. The van der Waals surface area contributed by atoms with E-state index in [1.807, 2.05) is 6.92 Å². The van der Waals surface area contributed by atoms with Gasteiger partial charge in [0.25, 0.3) is 5.91 Å². The number of alkyl halides is 1. The van der Waals surface area contributed by atoms with Gasteiger partial charge in [-0.15, -0.1) is 0 Å². The minimum atomic E-state index is -0.374. The van der Waals surface area contributed by atoms with E-state index in [9.17, 15) is 15.0 Å².